The lowest BCUT2D eigenvalue weighted by atomic mass is 9.97. The molecule has 1 heterocycles. The maximum atomic E-state index is 12.7. The number of amides is 1. The molecule has 2 aromatic carbocycles. The first-order valence-corrected chi connectivity index (χ1v) is 9.51. The Morgan fingerprint density at radius 3 is 2.26 bits per heavy atom. The average molecular weight is 358 g/mol. The maximum absolute atomic E-state index is 12.7. The molecular formula is C24H26N2O. The van der Waals surface area contributed by atoms with Crippen LogP contribution in [-0.2, 0) is 11.2 Å². The molecule has 3 heteroatoms. The highest BCUT2D eigenvalue weighted by atomic mass is 16.1. The van der Waals surface area contributed by atoms with Gasteiger partial charge in [-0.05, 0) is 42.0 Å². The second-order valence-corrected chi connectivity index (χ2v) is 7.00. The quantitative estimate of drug-likeness (QED) is 0.619. The lowest BCUT2D eigenvalue weighted by Crippen LogP contribution is -2.31. The third-order valence-electron chi connectivity index (χ3n) is 4.72. The Balaban J connectivity index is 1.61. The van der Waals surface area contributed by atoms with E-state index >= 15 is 0 Å². The molecule has 0 aliphatic heterocycles. The Bertz CT molecular complexity index is 779. The lowest BCUT2D eigenvalue weighted by molar-refractivity contribution is -0.122. The smallest absolute Gasteiger partial charge is 0.221 e. The molecule has 0 radical (unpaired) electrons. The number of nitrogens with one attached hydrogen (secondary N) is 1. The molecule has 3 aromatic rings. The molecule has 3 rings (SSSR count). The number of carbonyl (C=O) groups excluding carboxylic acids is 1. The Labute approximate surface area is 161 Å². The summed E-state index contributed by atoms with van der Waals surface area (Å²) >= 11 is 0. The highest BCUT2D eigenvalue weighted by molar-refractivity contribution is 5.77. The van der Waals surface area contributed by atoms with Crippen LogP contribution in [0.4, 0.5) is 0 Å². The number of carbonyl (C=O) groups is 1. The Morgan fingerprint density at radius 2 is 1.59 bits per heavy atom. The van der Waals surface area contributed by atoms with Crippen molar-refractivity contribution in [2.24, 2.45) is 5.92 Å². The van der Waals surface area contributed by atoms with E-state index in [9.17, 15) is 4.79 Å². The van der Waals surface area contributed by atoms with E-state index in [1.165, 1.54) is 5.56 Å². The molecule has 1 aromatic heterocycles. The van der Waals surface area contributed by atoms with Crippen LogP contribution >= 0.6 is 0 Å². The summed E-state index contributed by atoms with van der Waals surface area (Å²) in [5.41, 5.74) is 3.22. The van der Waals surface area contributed by atoms with Crippen LogP contribution in [0.3, 0.4) is 0 Å². The van der Waals surface area contributed by atoms with Crippen LogP contribution in [0, 0.1) is 5.92 Å². The Kier molecular flexibility index (Phi) is 6.75. The van der Waals surface area contributed by atoms with Crippen LogP contribution in [0.5, 0.6) is 0 Å². The summed E-state index contributed by atoms with van der Waals surface area (Å²) in [6.45, 7) is 2.14. The van der Waals surface area contributed by atoms with Crippen LogP contribution in [0.2, 0.25) is 0 Å². The molecule has 27 heavy (non-hydrogen) atoms. The molecular weight excluding hydrogens is 332 g/mol. The first-order valence-electron chi connectivity index (χ1n) is 9.51. The second-order valence-electron chi connectivity index (χ2n) is 7.00. The third kappa shape index (κ3) is 5.78. The summed E-state index contributed by atoms with van der Waals surface area (Å²) in [7, 11) is 0. The SMILES string of the molecule is CC(CCc1ccccc1)CC(=O)NC(c1ccccc1)c1ccccn1. The molecule has 138 valence electrons. The summed E-state index contributed by atoms with van der Waals surface area (Å²) in [4.78, 5) is 17.1. The highest BCUT2D eigenvalue weighted by Crippen LogP contribution is 2.21. The first kappa shape index (κ1) is 18.8. The van der Waals surface area contributed by atoms with Crippen molar-refractivity contribution in [1.29, 1.82) is 0 Å². The summed E-state index contributed by atoms with van der Waals surface area (Å²) in [5, 5.41) is 3.18. The predicted octanol–water partition coefficient (Wildman–Crippen LogP) is 4.95. The monoisotopic (exact) mass is 358 g/mol. The van der Waals surface area contributed by atoms with Crippen LogP contribution in [0.25, 0.3) is 0 Å². The minimum Gasteiger partial charge on any atom is -0.344 e. The number of aromatic nitrogens is 1. The first-order chi connectivity index (χ1) is 13.2. The molecule has 3 nitrogen and oxygen atoms in total. The maximum Gasteiger partial charge on any atom is 0.221 e. The van der Waals surface area contributed by atoms with Gasteiger partial charge in [0.2, 0.25) is 5.91 Å². The van der Waals surface area contributed by atoms with Crippen molar-refractivity contribution >= 4 is 5.91 Å². The normalized spacial score (nSPS) is 12.9. The predicted molar refractivity (Wildman–Crippen MR) is 109 cm³/mol. The molecule has 0 bridgehead atoms. The standard InChI is InChI=1S/C24H26N2O/c1-19(15-16-20-10-4-2-5-11-20)18-23(27)26-24(21-12-6-3-7-13-21)22-14-8-9-17-25-22/h2-14,17,19,24H,15-16,18H2,1H3,(H,26,27). The van der Waals surface area contributed by atoms with Gasteiger partial charge >= 0.3 is 0 Å². The number of nitrogens with zero attached hydrogens (tertiary/aromatic N) is 1. The van der Waals surface area contributed by atoms with Gasteiger partial charge in [0.1, 0.15) is 0 Å². The van der Waals surface area contributed by atoms with E-state index < -0.39 is 0 Å². The topological polar surface area (TPSA) is 42.0 Å². The van der Waals surface area contributed by atoms with Crippen molar-refractivity contribution in [2.75, 3.05) is 0 Å². The van der Waals surface area contributed by atoms with E-state index in [1.807, 2.05) is 54.6 Å². The zero-order chi connectivity index (χ0) is 18.9. The van der Waals surface area contributed by atoms with E-state index in [4.69, 9.17) is 0 Å². The van der Waals surface area contributed by atoms with Gasteiger partial charge in [0.05, 0.1) is 11.7 Å². The van der Waals surface area contributed by atoms with Crippen LogP contribution in [0.15, 0.2) is 85.1 Å². The summed E-state index contributed by atoms with van der Waals surface area (Å²) < 4.78 is 0. The fourth-order valence-corrected chi connectivity index (χ4v) is 3.22. The zero-order valence-electron chi connectivity index (χ0n) is 15.7. The fourth-order valence-electron chi connectivity index (χ4n) is 3.22. The molecule has 0 aliphatic rings. The minimum atomic E-state index is -0.221. The molecule has 0 aliphatic carbocycles. The highest BCUT2D eigenvalue weighted by Gasteiger charge is 2.19. The van der Waals surface area contributed by atoms with Crippen LogP contribution in [0.1, 0.15) is 42.6 Å². The zero-order valence-corrected chi connectivity index (χ0v) is 15.7. The van der Waals surface area contributed by atoms with Gasteiger partial charge in [0.25, 0.3) is 0 Å². The van der Waals surface area contributed by atoms with Gasteiger partial charge in [-0.15, -0.1) is 0 Å². The third-order valence-corrected chi connectivity index (χ3v) is 4.72. The number of benzene rings is 2. The van der Waals surface area contributed by atoms with E-state index in [1.54, 1.807) is 6.20 Å². The Morgan fingerprint density at radius 1 is 0.926 bits per heavy atom. The van der Waals surface area contributed by atoms with Crippen molar-refractivity contribution in [3.63, 3.8) is 0 Å². The van der Waals surface area contributed by atoms with Crippen molar-refractivity contribution in [2.45, 2.75) is 32.2 Å². The van der Waals surface area contributed by atoms with Gasteiger partial charge < -0.3 is 5.32 Å². The van der Waals surface area contributed by atoms with Crippen LogP contribution in [-0.4, -0.2) is 10.9 Å². The summed E-state index contributed by atoms with van der Waals surface area (Å²) in [6, 6.07) is 26.0. The molecule has 2 unspecified atom stereocenters. The average Bonchev–Trinajstić information content (AvgIpc) is 2.72. The van der Waals surface area contributed by atoms with Gasteiger partial charge in [0.15, 0.2) is 0 Å². The second kappa shape index (κ2) is 9.67. The molecule has 0 saturated carbocycles. The molecule has 0 saturated heterocycles. The molecule has 0 spiro atoms. The van der Waals surface area contributed by atoms with Crippen molar-refractivity contribution in [3.8, 4) is 0 Å². The number of hydrogen-bond acceptors (Lipinski definition) is 2. The molecule has 2 atom stereocenters. The number of rotatable bonds is 8. The molecule has 0 fully saturated rings. The van der Waals surface area contributed by atoms with E-state index in [-0.39, 0.29) is 11.9 Å². The summed E-state index contributed by atoms with van der Waals surface area (Å²) in [5.74, 6) is 0.389. The largest absolute Gasteiger partial charge is 0.344 e. The van der Waals surface area contributed by atoms with Crippen molar-refractivity contribution < 1.29 is 4.79 Å². The van der Waals surface area contributed by atoms with E-state index in [0.29, 0.717) is 12.3 Å². The molecule has 1 N–H and O–H groups in total. The minimum absolute atomic E-state index is 0.0649. The van der Waals surface area contributed by atoms with Gasteiger partial charge in [-0.2, -0.15) is 0 Å². The number of pyridine rings is 1. The molecule has 1 amide bonds. The van der Waals surface area contributed by atoms with E-state index in [0.717, 1.165) is 24.1 Å². The van der Waals surface area contributed by atoms with Crippen molar-refractivity contribution in [1.82, 2.24) is 10.3 Å². The van der Waals surface area contributed by atoms with Gasteiger partial charge in [-0.3, -0.25) is 9.78 Å². The van der Waals surface area contributed by atoms with E-state index in [2.05, 4.69) is 41.5 Å². The lowest BCUT2D eigenvalue weighted by Gasteiger charge is -2.20. The number of hydrogen-bond donors (Lipinski definition) is 1. The summed E-state index contributed by atoms with van der Waals surface area (Å²) in [6.07, 6.45) is 4.28. The van der Waals surface area contributed by atoms with Crippen LogP contribution < -0.4 is 5.32 Å². The fraction of sp³-hybridized carbons (Fsp3) is 0.250. The van der Waals surface area contributed by atoms with Gasteiger partial charge in [-0.25, -0.2) is 0 Å². The van der Waals surface area contributed by atoms with Gasteiger partial charge in [-0.1, -0.05) is 73.7 Å². The number of aryl methyl sites for hydroxylation is 1. The van der Waals surface area contributed by atoms with Gasteiger partial charge in [0, 0.05) is 12.6 Å². The van der Waals surface area contributed by atoms with Crippen molar-refractivity contribution in [3.05, 3.63) is 102 Å². The Hall–Kier alpha value is -2.94.